The second-order valence-electron chi connectivity index (χ2n) is 11.9. The molecule has 0 aromatic heterocycles. The highest BCUT2D eigenvalue weighted by Gasteiger charge is 2.23. The lowest BCUT2D eigenvalue weighted by Gasteiger charge is -2.26. The molecule has 0 saturated heterocycles. The maximum absolute atomic E-state index is 13.3. The summed E-state index contributed by atoms with van der Waals surface area (Å²) in [6.45, 7) is 2.08. The van der Waals surface area contributed by atoms with E-state index >= 15 is 0 Å². The SMILES string of the molecule is COC(=O)C(Cc1ccc(OCCN(Cc2ccccc2)c2ccc3c(c2)CCC3)cc1)Nc1ccccc1C(=O)c1ccccc1. The van der Waals surface area contributed by atoms with Crippen molar-refractivity contribution in [3.63, 3.8) is 0 Å². The quantitative estimate of drug-likeness (QED) is 0.101. The topological polar surface area (TPSA) is 67.9 Å². The van der Waals surface area contributed by atoms with Crippen LogP contribution < -0.4 is 15.0 Å². The predicted octanol–water partition coefficient (Wildman–Crippen LogP) is 7.69. The van der Waals surface area contributed by atoms with Gasteiger partial charge in [-0.3, -0.25) is 4.79 Å². The molecule has 0 aliphatic heterocycles. The highest BCUT2D eigenvalue weighted by Crippen LogP contribution is 2.28. The molecular formula is C41H40N2O4. The number of hydrogen-bond acceptors (Lipinski definition) is 6. The summed E-state index contributed by atoms with van der Waals surface area (Å²) in [5.74, 6) is 0.249. The summed E-state index contributed by atoms with van der Waals surface area (Å²) < 4.78 is 11.3. The third-order valence-electron chi connectivity index (χ3n) is 8.68. The third-order valence-corrected chi connectivity index (χ3v) is 8.68. The maximum Gasteiger partial charge on any atom is 0.328 e. The lowest BCUT2D eigenvalue weighted by Crippen LogP contribution is -2.33. The molecule has 1 N–H and O–H groups in total. The Morgan fingerprint density at radius 1 is 0.766 bits per heavy atom. The first-order chi connectivity index (χ1) is 23.1. The van der Waals surface area contributed by atoms with Gasteiger partial charge in [-0.1, -0.05) is 91.0 Å². The lowest BCUT2D eigenvalue weighted by atomic mass is 10.00. The van der Waals surface area contributed by atoms with Gasteiger partial charge in [0.15, 0.2) is 5.78 Å². The molecule has 1 atom stereocenters. The van der Waals surface area contributed by atoms with Crippen LogP contribution in [0.5, 0.6) is 5.75 Å². The van der Waals surface area contributed by atoms with Gasteiger partial charge in [0.2, 0.25) is 0 Å². The smallest absolute Gasteiger partial charge is 0.328 e. The van der Waals surface area contributed by atoms with Crippen LogP contribution in [0.25, 0.3) is 0 Å². The minimum absolute atomic E-state index is 0.114. The monoisotopic (exact) mass is 624 g/mol. The predicted molar refractivity (Wildman–Crippen MR) is 187 cm³/mol. The van der Waals surface area contributed by atoms with Gasteiger partial charge >= 0.3 is 5.97 Å². The summed E-state index contributed by atoms with van der Waals surface area (Å²) in [5, 5.41) is 3.28. The van der Waals surface area contributed by atoms with Crippen LogP contribution in [0.2, 0.25) is 0 Å². The van der Waals surface area contributed by atoms with Crippen molar-refractivity contribution in [2.45, 2.75) is 38.3 Å². The second kappa shape index (κ2) is 15.3. The zero-order valence-corrected chi connectivity index (χ0v) is 26.7. The van der Waals surface area contributed by atoms with Crippen LogP contribution in [0.3, 0.4) is 0 Å². The molecule has 0 fully saturated rings. The number of benzene rings is 5. The van der Waals surface area contributed by atoms with E-state index in [1.807, 2.05) is 66.7 Å². The van der Waals surface area contributed by atoms with Gasteiger partial charge in [-0.15, -0.1) is 0 Å². The highest BCUT2D eigenvalue weighted by molar-refractivity contribution is 6.12. The fourth-order valence-corrected chi connectivity index (χ4v) is 6.16. The fraction of sp³-hybridized carbons (Fsp3) is 0.220. The number of nitrogens with one attached hydrogen (secondary N) is 1. The second-order valence-corrected chi connectivity index (χ2v) is 11.9. The van der Waals surface area contributed by atoms with Crippen molar-refractivity contribution in [1.29, 1.82) is 0 Å². The maximum atomic E-state index is 13.3. The molecular weight excluding hydrogens is 584 g/mol. The van der Waals surface area contributed by atoms with Crippen LogP contribution in [-0.4, -0.2) is 38.1 Å². The number of aryl methyl sites for hydroxylation is 2. The number of nitrogens with zero attached hydrogens (tertiary/aromatic N) is 1. The largest absolute Gasteiger partial charge is 0.492 e. The van der Waals surface area contributed by atoms with E-state index in [1.165, 1.54) is 42.3 Å². The Bertz CT molecular complexity index is 1790. The number of ketones is 1. The number of esters is 1. The van der Waals surface area contributed by atoms with Crippen LogP contribution in [-0.2, 0) is 35.3 Å². The number of anilines is 2. The number of ether oxygens (including phenoxy) is 2. The Balaban J connectivity index is 1.10. The van der Waals surface area contributed by atoms with Gasteiger partial charge in [-0.2, -0.15) is 0 Å². The van der Waals surface area contributed by atoms with E-state index < -0.39 is 12.0 Å². The van der Waals surface area contributed by atoms with Gasteiger partial charge < -0.3 is 19.7 Å². The fourth-order valence-electron chi connectivity index (χ4n) is 6.16. The molecule has 1 aliphatic rings. The molecule has 47 heavy (non-hydrogen) atoms. The van der Waals surface area contributed by atoms with Crippen molar-refractivity contribution < 1.29 is 19.1 Å². The normalized spacial score (nSPS) is 12.5. The standard InChI is InChI=1S/C41H40N2O4/c1-46-41(45)39(42-38-18-9-8-17-37(38)40(44)33-13-6-3-7-14-33)27-30-19-23-36(24-20-30)47-26-25-43(29-31-11-4-2-5-12-31)35-22-21-32-15-10-16-34(32)28-35/h2-9,11-14,17-24,28,39,42H,10,15-16,25-27,29H2,1H3. The van der Waals surface area contributed by atoms with Crippen molar-refractivity contribution in [3.05, 3.63) is 161 Å². The average Bonchev–Trinajstić information content (AvgIpc) is 3.60. The van der Waals surface area contributed by atoms with Crippen LogP contribution >= 0.6 is 0 Å². The molecule has 1 unspecified atom stereocenters. The van der Waals surface area contributed by atoms with Crippen molar-refractivity contribution in [2.24, 2.45) is 0 Å². The van der Waals surface area contributed by atoms with Gasteiger partial charge in [0, 0.05) is 35.5 Å². The average molecular weight is 625 g/mol. The van der Waals surface area contributed by atoms with Crippen molar-refractivity contribution in [2.75, 3.05) is 30.5 Å². The molecule has 0 spiro atoms. The summed E-state index contributed by atoms with van der Waals surface area (Å²) in [4.78, 5) is 28.5. The van der Waals surface area contributed by atoms with Crippen molar-refractivity contribution in [3.8, 4) is 5.75 Å². The molecule has 6 nitrogen and oxygen atoms in total. The highest BCUT2D eigenvalue weighted by atomic mass is 16.5. The van der Waals surface area contributed by atoms with Crippen molar-refractivity contribution >= 4 is 23.1 Å². The molecule has 5 aromatic carbocycles. The lowest BCUT2D eigenvalue weighted by molar-refractivity contribution is -0.141. The molecule has 0 radical (unpaired) electrons. The molecule has 6 rings (SSSR count). The number of rotatable bonds is 14. The van der Waals surface area contributed by atoms with E-state index in [2.05, 4.69) is 52.7 Å². The number of para-hydroxylation sites is 1. The summed E-state index contributed by atoms with van der Waals surface area (Å²) in [7, 11) is 1.37. The van der Waals surface area contributed by atoms with E-state index in [4.69, 9.17) is 9.47 Å². The van der Waals surface area contributed by atoms with E-state index in [0.717, 1.165) is 30.8 Å². The van der Waals surface area contributed by atoms with E-state index in [9.17, 15) is 9.59 Å². The number of methoxy groups -OCH3 is 1. The number of fused-ring (bicyclic) bond motifs is 1. The van der Waals surface area contributed by atoms with Crippen LogP contribution in [0.4, 0.5) is 11.4 Å². The van der Waals surface area contributed by atoms with Crippen molar-refractivity contribution in [1.82, 2.24) is 0 Å². The van der Waals surface area contributed by atoms with E-state index in [-0.39, 0.29) is 5.78 Å². The Hall–Kier alpha value is -5.36. The Morgan fingerprint density at radius 2 is 1.47 bits per heavy atom. The third kappa shape index (κ3) is 8.08. The molecule has 5 aromatic rings. The van der Waals surface area contributed by atoms with Gasteiger partial charge in [-0.05, 0) is 77.9 Å². The first-order valence-electron chi connectivity index (χ1n) is 16.2. The number of carbonyl (C=O) groups is 2. The molecule has 238 valence electrons. The minimum atomic E-state index is -0.685. The summed E-state index contributed by atoms with van der Waals surface area (Å²) >= 11 is 0. The summed E-state index contributed by atoms with van der Waals surface area (Å²) in [5.41, 5.74) is 8.03. The van der Waals surface area contributed by atoms with Crippen LogP contribution in [0, 0.1) is 0 Å². The van der Waals surface area contributed by atoms with Crippen LogP contribution in [0.15, 0.2) is 127 Å². The summed E-state index contributed by atoms with van der Waals surface area (Å²) in [6, 6.07) is 40.9. The Labute approximate surface area is 277 Å². The Kier molecular flexibility index (Phi) is 10.3. The van der Waals surface area contributed by atoms with E-state index in [1.54, 1.807) is 18.2 Å². The first-order valence-corrected chi connectivity index (χ1v) is 16.2. The van der Waals surface area contributed by atoms with Gasteiger partial charge in [0.25, 0.3) is 0 Å². The molecule has 0 saturated carbocycles. The summed E-state index contributed by atoms with van der Waals surface area (Å²) in [6.07, 6.45) is 3.93. The van der Waals surface area contributed by atoms with Gasteiger partial charge in [0.1, 0.15) is 18.4 Å². The van der Waals surface area contributed by atoms with E-state index in [0.29, 0.717) is 29.8 Å². The Morgan fingerprint density at radius 3 is 2.23 bits per heavy atom. The minimum Gasteiger partial charge on any atom is -0.492 e. The zero-order valence-electron chi connectivity index (χ0n) is 26.7. The molecule has 6 heteroatoms. The van der Waals surface area contributed by atoms with Crippen LogP contribution in [0.1, 0.15) is 44.6 Å². The van der Waals surface area contributed by atoms with Gasteiger partial charge in [0.05, 0.1) is 13.7 Å². The van der Waals surface area contributed by atoms with Gasteiger partial charge in [-0.25, -0.2) is 4.79 Å². The zero-order chi connectivity index (χ0) is 32.4. The molecule has 0 heterocycles. The molecule has 0 amide bonds. The number of hydrogen-bond donors (Lipinski definition) is 1. The number of carbonyl (C=O) groups excluding carboxylic acids is 2. The first kappa shape index (κ1) is 31.6. The molecule has 1 aliphatic carbocycles. The molecule has 0 bridgehead atoms.